The van der Waals surface area contributed by atoms with Crippen molar-refractivity contribution < 1.29 is 4.74 Å². The van der Waals surface area contributed by atoms with Crippen LogP contribution in [0.5, 0.6) is 5.75 Å². The van der Waals surface area contributed by atoms with E-state index in [2.05, 4.69) is 26.2 Å². The lowest BCUT2D eigenvalue weighted by atomic mass is 10.2. The molecule has 0 atom stereocenters. The first-order valence-corrected chi connectivity index (χ1v) is 7.45. The predicted octanol–water partition coefficient (Wildman–Crippen LogP) is 4.18. The summed E-state index contributed by atoms with van der Waals surface area (Å²) in [6, 6.07) is 15.7. The summed E-state index contributed by atoms with van der Waals surface area (Å²) in [5.41, 5.74) is 7.95. The summed E-state index contributed by atoms with van der Waals surface area (Å²) in [4.78, 5) is 4.22. The van der Waals surface area contributed by atoms with Crippen LogP contribution in [0.4, 0.5) is 5.69 Å². The van der Waals surface area contributed by atoms with Crippen molar-refractivity contribution in [2.24, 2.45) is 10.7 Å². The topological polar surface area (TPSA) is 59.6 Å². The van der Waals surface area contributed by atoms with Gasteiger partial charge in [0.2, 0.25) is 0 Å². The number of hydrogen-bond donors (Lipinski definition) is 2. The Bertz CT molecular complexity index is 600. The number of rotatable bonds is 5. The number of nitrogens with two attached hydrogens (primary N) is 1. The predicted molar refractivity (Wildman–Crippen MR) is 106 cm³/mol. The first kappa shape index (κ1) is 18.8. The molecule has 0 radical (unpaired) electrons. The highest BCUT2D eigenvalue weighted by molar-refractivity contribution is 14.0. The second-order valence-electron chi connectivity index (χ2n) is 4.56. The molecule has 0 saturated heterocycles. The van der Waals surface area contributed by atoms with E-state index in [9.17, 15) is 0 Å². The van der Waals surface area contributed by atoms with Crippen LogP contribution in [0.3, 0.4) is 0 Å². The fourth-order valence-corrected chi connectivity index (χ4v) is 1.95. The Morgan fingerprint density at radius 3 is 2.41 bits per heavy atom. The molecule has 4 nitrogen and oxygen atoms in total. The van der Waals surface area contributed by atoms with E-state index in [0.29, 0.717) is 19.1 Å². The fourth-order valence-electron chi connectivity index (χ4n) is 1.68. The van der Waals surface area contributed by atoms with Crippen LogP contribution in [0.25, 0.3) is 0 Å². The van der Waals surface area contributed by atoms with Gasteiger partial charge in [0.25, 0.3) is 0 Å². The summed E-state index contributed by atoms with van der Waals surface area (Å²) in [6.07, 6.45) is 0. The maximum atomic E-state index is 5.82. The van der Waals surface area contributed by atoms with Crippen LogP contribution in [0.15, 0.2) is 58.0 Å². The molecule has 22 heavy (non-hydrogen) atoms. The van der Waals surface area contributed by atoms with E-state index in [4.69, 9.17) is 10.5 Å². The van der Waals surface area contributed by atoms with Gasteiger partial charge in [-0.05, 0) is 43.3 Å². The lowest BCUT2D eigenvalue weighted by Gasteiger charge is -2.07. The fraction of sp³-hybridized carbons (Fsp3) is 0.188. The average molecular weight is 476 g/mol. The van der Waals surface area contributed by atoms with Gasteiger partial charge in [-0.1, -0.05) is 33.6 Å². The molecule has 118 valence electrons. The van der Waals surface area contributed by atoms with Gasteiger partial charge in [-0.3, -0.25) is 0 Å². The minimum Gasteiger partial charge on any atom is -0.492 e. The van der Waals surface area contributed by atoms with Gasteiger partial charge in [0, 0.05) is 10.2 Å². The monoisotopic (exact) mass is 475 g/mol. The highest BCUT2D eigenvalue weighted by Gasteiger charge is 1.96. The minimum atomic E-state index is 0. The van der Waals surface area contributed by atoms with Crippen molar-refractivity contribution in [3.05, 3.63) is 58.6 Å². The lowest BCUT2D eigenvalue weighted by Crippen LogP contribution is -2.23. The van der Waals surface area contributed by atoms with Crippen molar-refractivity contribution in [2.45, 2.75) is 6.92 Å². The Hall–Kier alpha value is -1.28. The first-order valence-electron chi connectivity index (χ1n) is 6.65. The maximum Gasteiger partial charge on any atom is 0.193 e. The molecule has 0 spiro atoms. The summed E-state index contributed by atoms with van der Waals surface area (Å²) < 4.78 is 6.59. The molecule has 0 fully saturated rings. The number of anilines is 1. The SMILES string of the molecule is Cc1ccc(NC(N)=NCCOc2ccc(Br)cc2)cc1.I. The largest absolute Gasteiger partial charge is 0.492 e. The molecule has 2 aromatic carbocycles. The highest BCUT2D eigenvalue weighted by atomic mass is 127. The standard InChI is InChI=1S/C16H18BrN3O.HI/c1-12-2-6-14(7-3-12)20-16(18)19-10-11-21-15-8-4-13(17)5-9-15;/h2-9H,10-11H2,1H3,(H3,18,19,20);1H. The van der Waals surface area contributed by atoms with Gasteiger partial charge in [0.05, 0.1) is 6.54 Å². The molecular formula is C16H19BrIN3O. The normalized spacial score (nSPS) is 10.7. The zero-order valence-electron chi connectivity index (χ0n) is 12.3. The summed E-state index contributed by atoms with van der Waals surface area (Å²) >= 11 is 3.38. The van der Waals surface area contributed by atoms with Gasteiger partial charge >= 0.3 is 0 Å². The molecule has 2 rings (SSSR count). The van der Waals surface area contributed by atoms with E-state index >= 15 is 0 Å². The quantitative estimate of drug-likeness (QED) is 0.295. The molecule has 0 saturated carbocycles. The molecule has 0 bridgehead atoms. The number of guanidine groups is 1. The minimum absolute atomic E-state index is 0. The molecule has 0 aliphatic carbocycles. The zero-order valence-corrected chi connectivity index (χ0v) is 16.2. The van der Waals surface area contributed by atoms with E-state index in [1.807, 2.05) is 55.5 Å². The number of ether oxygens (including phenoxy) is 1. The first-order chi connectivity index (χ1) is 10.1. The van der Waals surface area contributed by atoms with Crippen LogP contribution >= 0.6 is 39.9 Å². The van der Waals surface area contributed by atoms with Gasteiger partial charge < -0.3 is 15.8 Å². The van der Waals surface area contributed by atoms with Crippen molar-refractivity contribution >= 4 is 51.6 Å². The number of benzene rings is 2. The summed E-state index contributed by atoms with van der Waals surface area (Å²) in [5, 5.41) is 3.04. The molecule has 3 N–H and O–H groups in total. The van der Waals surface area contributed by atoms with E-state index < -0.39 is 0 Å². The van der Waals surface area contributed by atoms with Crippen LogP contribution in [0.2, 0.25) is 0 Å². The van der Waals surface area contributed by atoms with Crippen molar-refractivity contribution in [1.82, 2.24) is 0 Å². The van der Waals surface area contributed by atoms with Crippen LogP contribution in [-0.4, -0.2) is 19.1 Å². The van der Waals surface area contributed by atoms with Crippen molar-refractivity contribution in [3.8, 4) is 5.75 Å². The number of nitrogens with one attached hydrogen (secondary N) is 1. The smallest absolute Gasteiger partial charge is 0.193 e. The number of halogens is 2. The number of nitrogens with zero attached hydrogens (tertiary/aromatic N) is 1. The Balaban J connectivity index is 0.00000242. The molecular weight excluding hydrogens is 457 g/mol. The van der Waals surface area contributed by atoms with Crippen LogP contribution in [-0.2, 0) is 0 Å². The third-order valence-electron chi connectivity index (χ3n) is 2.78. The van der Waals surface area contributed by atoms with Gasteiger partial charge in [0.1, 0.15) is 12.4 Å². The van der Waals surface area contributed by atoms with Crippen molar-refractivity contribution in [3.63, 3.8) is 0 Å². The number of hydrogen-bond acceptors (Lipinski definition) is 2. The van der Waals surface area contributed by atoms with Crippen LogP contribution in [0, 0.1) is 6.92 Å². The van der Waals surface area contributed by atoms with Crippen LogP contribution < -0.4 is 15.8 Å². The maximum absolute atomic E-state index is 5.82. The van der Waals surface area contributed by atoms with Gasteiger partial charge in [-0.2, -0.15) is 0 Å². The second-order valence-corrected chi connectivity index (χ2v) is 5.48. The molecule has 0 heterocycles. The second kappa shape index (κ2) is 9.68. The molecule has 6 heteroatoms. The summed E-state index contributed by atoms with van der Waals surface area (Å²) in [5.74, 6) is 1.21. The number of aryl methyl sites for hydroxylation is 1. The Morgan fingerprint density at radius 1 is 1.14 bits per heavy atom. The van der Waals surface area contributed by atoms with E-state index in [1.165, 1.54) is 5.56 Å². The Kier molecular flexibility index (Phi) is 8.26. The molecule has 0 aromatic heterocycles. The lowest BCUT2D eigenvalue weighted by molar-refractivity contribution is 0.328. The summed E-state index contributed by atoms with van der Waals surface area (Å²) in [6.45, 7) is 3.03. The van der Waals surface area contributed by atoms with Gasteiger partial charge in [0.15, 0.2) is 5.96 Å². The third-order valence-corrected chi connectivity index (χ3v) is 3.31. The van der Waals surface area contributed by atoms with E-state index in [-0.39, 0.29) is 24.0 Å². The molecule has 2 aromatic rings. The summed E-state index contributed by atoms with van der Waals surface area (Å²) in [7, 11) is 0. The third kappa shape index (κ3) is 6.65. The molecule has 0 aliphatic rings. The highest BCUT2D eigenvalue weighted by Crippen LogP contribution is 2.15. The average Bonchev–Trinajstić information content (AvgIpc) is 2.48. The zero-order chi connectivity index (χ0) is 15.1. The molecule has 0 aliphatic heterocycles. The van der Waals surface area contributed by atoms with Gasteiger partial charge in [-0.25, -0.2) is 4.99 Å². The van der Waals surface area contributed by atoms with Crippen LogP contribution in [0.1, 0.15) is 5.56 Å². The van der Waals surface area contributed by atoms with Crippen molar-refractivity contribution in [2.75, 3.05) is 18.5 Å². The van der Waals surface area contributed by atoms with E-state index in [0.717, 1.165) is 15.9 Å². The van der Waals surface area contributed by atoms with Gasteiger partial charge in [-0.15, -0.1) is 24.0 Å². The Labute approximate surface area is 156 Å². The number of aliphatic imine (C=N–C) groups is 1. The Morgan fingerprint density at radius 2 is 1.77 bits per heavy atom. The molecule has 0 unspecified atom stereocenters. The molecule has 0 amide bonds. The van der Waals surface area contributed by atoms with E-state index in [1.54, 1.807) is 0 Å². The van der Waals surface area contributed by atoms with Crippen molar-refractivity contribution in [1.29, 1.82) is 0 Å².